The third-order valence-electron chi connectivity index (χ3n) is 1.94. The molecule has 0 saturated heterocycles. The van der Waals surface area contributed by atoms with E-state index >= 15 is 0 Å². The van der Waals surface area contributed by atoms with Crippen molar-refractivity contribution in [1.29, 1.82) is 0 Å². The second-order valence-corrected chi connectivity index (χ2v) is 4.41. The molecule has 1 aliphatic rings. The summed E-state index contributed by atoms with van der Waals surface area (Å²) in [6, 6.07) is 0. The van der Waals surface area contributed by atoms with Crippen LogP contribution in [0.5, 0.6) is 0 Å². The van der Waals surface area contributed by atoms with E-state index in [4.69, 9.17) is 17.3 Å². The van der Waals surface area contributed by atoms with Gasteiger partial charge in [0.1, 0.15) is 0 Å². The number of rotatable bonds is 1. The van der Waals surface area contributed by atoms with Crippen molar-refractivity contribution in [3.05, 3.63) is 21.7 Å². The lowest BCUT2D eigenvalue weighted by atomic mass is 9.83. The first-order valence-electron chi connectivity index (χ1n) is 3.49. The third kappa shape index (κ3) is 1.72. The molecule has 1 unspecified atom stereocenters. The average molecular weight is 251 g/mol. The second-order valence-electron chi connectivity index (χ2n) is 3.04. The number of allylic oxidation sites excluding steroid dienone is 3. The van der Waals surface area contributed by atoms with Crippen LogP contribution < -0.4 is 5.73 Å². The first kappa shape index (κ1) is 9.81. The van der Waals surface area contributed by atoms with E-state index in [0.29, 0.717) is 11.5 Å². The molecule has 0 aromatic rings. The summed E-state index contributed by atoms with van der Waals surface area (Å²) in [7, 11) is 0. The molecule has 12 heavy (non-hydrogen) atoms. The lowest BCUT2D eigenvalue weighted by Gasteiger charge is -2.24. The van der Waals surface area contributed by atoms with Crippen molar-refractivity contribution in [2.45, 2.75) is 13.3 Å². The van der Waals surface area contributed by atoms with E-state index in [9.17, 15) is 4.79 Å². The fourth-order valence-corrected chi connectivity index (χ4v) is 1.83. The highest BCUT2D eigenvalue weighted by atomic mass is 79.9. The molecule has 66 valence electrons. The molecule has 1 rings (SSSR count). The van der Waals surface area contributed by atoms with E-state index in [2.05, 4.69) is 15.9 Å². The summed E-state index contributed by atoms with van der Waals surface area (Å²) in [5.41, 5.74) is 4.63. The number of amides is 1. The molecule has 0 heterocycles. The Bertz CT molecular complexity index is 285. The summed E-state index contributed by atoms with van der Waals surface area (Å²) < 4.78 is 0.827. The topological polar surface area (TPSA) is 43.1 Å². The van der Waals surface area contributed by atoms with Gasteiger partial charge in [0, 0.05) is 4.48 Å². The van der Waals surface area contributed by atoms with E-state index < -0.39 is 5.41 Å². The number of nitrogens with two attached hydrogens (primary N) is 1. The van der Waals surface area contributed by atoms with Gasteiger partial charge in [-0.05, 0) is 19.4 Å². The molecule has 2 nitrogen and oxygen atoms in total. The predicted molar refractivity (Wildman–Crippen MR) is 52.9 cm³/mol. The smallest absolute Gasteiger partial charge is 0.227 e. The maximum Gasteiger partial charge on any atom is 0.227 e. The minimum atomic E-state index is -0.600. The Balaban J connectivity index is 2.94. The zero-order chi connectivity index (χ0) is 9.35. The van der Waals surface area contributed by atoms with Crippen LogP contribution in [0, 0.1) is 5.41 Å². The molecule has 1 amide bonds. The summed E-state index contributed by atoms with van der Waals surface area (Å²) in [5.74, 6) is -0.333. The number of primary amides is 1. The highest BCUT2D eigenvalue weighted by Gasteiger charge is 2.31. The van der Waals surface area contributed by atoms with Gasteiger partial charge in [-0.25, -0.2) is 0 Å². The van der Waals surface area contributed by atoms with Crippen LogP contribution >= 0.6 is 27.5 Å². The first-order valence-corrected chi connectivity index (χ1v) is 4.66. The van der Waals surface area contributed by atoms with Gasteiger partial charge in [0.2, 0.25) is 5.91 Å². The second kappa shape index (κ2) is 3.23. The van der Waals surface area contributed by atoms with Crippen molar-refractivity contribution >= 4 is 33.4 Å². The lowest BCUT2D eigenvalue weighted by Crippen LogP contribution is -2.33. The van der Waals surface area contributed by atoms with Crippen molar-refractivity contribution in [3.63, 3.8) is 0 Å². The molecular formula is C8H9BrClNO. The van der Waals surface area contributed by atoms with Crippen LogP contribution in [0.3, 0.4) is 0 Å². The molecule has 0 aliphatic heterocycles. The Morgan fingerprint density at radius 1 is 1.83 bits per heavy atom. The molecule has 0 saturated carbocycles. The van der Waals surface area contributed by atoms with Crippen molar-refractivity contribution < 1.29 is 4.79 Å². The van der Waals surface area contributed by atoms with E-state index in [1.165, 1.54) is 0 Å². The van der Waals surface area contributed by atoms with Crippen LogP contribution in [0.1, 0.15) is 13.3 Å². The Labute approximate surface area is 84.6 Å². The molecule has 0 aromatic heterocycles. The molecule has 0 radical (unpaired) electrons. The maximum absolute atomic E-state index is 11.0. The molecule has 0 bridgehead atoms. The van der Waals surface area contributed by atoms with Crippen molar-refractivity contribution in [2.75, 3.05) is 0 Å². The SMILES string of the molecule is CC1(C(N)=O)C=CC(Cl)=C(Br)C1. The number of hydrogen-bond donors (Lipinski definition) is 1. The third-order valence-corrected chi connectivity index (χ3v) is 3.23. The highest BCUT2D eigenvalue weighted by Crippen LogP contribution is 2.37. The van der Waals surface area contributed by atoms with Crippen molar-refractivity contribution in [2.24, 2.45) is 11.1 Å². The number of carbonyl (C=O) groups excluding carboxylic acids is 1. The normalized spacial score (nSPS) is 29.2. The molecule has 2 N–H and O–H groups in total. The van der Waals surface area contributed by atoms with Crippen LogP contribution in [-0.2, 0) is 4.79 Å². The molecular weight excluding hydrogens is 241 g/mol. The Hall–Kier alpha value is -0.280. The van der Waals surface area contributed by atoms with E-state index in [1.54, 1.807) is 19.1 Å². The first-order chi connectivity index (χ1) is 5.46. The monoisotopic (exact) mass is 249 g/mol. The highest BCUT2D eigenvalue weighted by molar-refractivity contribution is 9.11. The van der Waals surface area contributed by atoms with E-state index in [-0.39, 0.29) is 5.91 Å². The van der Waals surface area contributed by atoms with Gasteiger partial charge in [-0.3, -0.25) is 4.79 Å². The van der Waals surface area contributed by atoms with Crippen LogP contribution in [-0.4, -0.2) is 5.91 Å². The molecule has 4 heteroatoms. The van der Waals surface area contributed by atoms with Gasteiger partial charge in [-0.1, -0.05) is 33.6 Å². The van der Waals surface area contributed by atoms with Gasteiger partial charge in [-0.2, -0.15) is 0 Å². The summed E-state index contributed by atoms with van der Waals surface area (Å²) in [6.45, 7) is 1.79. The summed E-state index contributed by atoms with van der Waals surface area (Å²) in [4.78, 5) is 11.0. The summed E-state index contributed by atoms with van der Waals surface area (Å²) in [6.07, 6.45) is 3.97. The van der Waals surface area contributed by atoms with Gasteiger partial charge in [0.15, 0.2) is 0 Å². The molecule has 0 fully saturated rings. The van der Waals surface area contributed by atoms with Crippen LogP contribution in [0.15, 0.2) is 21.7 Å². The standard InChI is InChI=1S/C8H9BrClNO/c1-8(7(11)12)3-2-6(10)5(9)4-8/h2-3H,4H2,1H3,(H2,11,12). The molecule has 1 atom stereocenters. The minimum absolute atomic E-state index is 0.333. The number of halogens is 2. The van der Waals surface area contributed by atoms with Crippen molar-refractivity contribution in [3.8, 4) is 0 Å². The Morgan fingerprint density at radius 2 is 2.42 bits per heavy atom. The van der Waals surface area contributed by atoms with Crippen LogP contribution in [0.2, 0.25) is 0 Å². The fraction of sp³-hybridized carbons (Fsp3) is 0.375. The summed E-state index contributed by atoms with van der Waals surface area (Å²) >= 11 is 9.08. The molecule has 1 aliphatic carbocycles. The quantitative estimate of drug-likeness (QED) is 0.762. The van der Waals surface area contributed by atoms with Crippen molar-refractivity contribution in [1.82, 2.24) is 0 Å². The van der Waals surface area contributed by atoms with Crippen LogP contribution in [0.25, 0.3) is 0 Å². The fourth-order valence-electron chi connectivity index (χ4n) is 0.983. The minimum Gasteiger partial charge on any atom is -0.369 e. The van der Waals surface area contributed by atoms with Gasteiger partial charge in [0.25, 0.3) is 0 Å². The van der Waals surface area contributed by atoms with Gasteiger partial charge >= 0.3 is 0 Å². The number of hydrogen-bond acceptors (Lipinski definition) is 1. The van der Waals surface area contributed by atoms with Crippen LogP contribution in [0.4, 0.5) is 0 Å². The zero-order valence-electron chi connectivity index (χ0n) is 6.60. The molecule has 0 spiro atoms. The lowest BCUT2D eigenvalue weighted by molar-refractivity contribution is -0.124. The zero-order valence-corrected chi connectivity index (χ0v) is 8.95. The molecule has 0 aromatic carbocycles. The van der Waals surface area contributed by atoms with E-state index in [0.717, 1.165) is 4.48 Å². The Morgan fingerprint density at radius 3 is 2.83 bits per heavy atom. The average Bonchev–Trinajstić information content (AvgIpc) is 1.97. The number of carbonyl (C=O) groups is 1. The Kier molecular flexibility index (Phi) is 2.64. The van der Waals surface area contributed by atoms with E-state index in [1.807, 2.05) is 0 Å². The van der Waals surface area contributed by atoms with Gasteiger partial charge in [0.05, 0.1) is 10.4 Å². The van der Waals surface area contributed by atoms with Gasteiger partial charge in [-0.15, -0.1) is 0 Å². The predicted octanol–water partition coefficient (Wildman–Crippen LogP) is 2.28. The maximum atomic E-state index is 11.0. The largest absolute Gasteiger partial charge is 0.369 e. The van der Waals surface area contributed by atoms with Gasteiger partial charge < -0.3 is 5.73 Å². The summed E-state index contributed by atoms with van der Waals surface area (Å²) in [5, 5.41) is 0.633.